The Kier molecular flexibility index (Phi) is 2.88. The maximum absolute atomic E-state index is 11.0. The minimum Gasteiger partial charge on any atom is -0.469 e. The van der Waals surface area contributed by atoms with E-state index < -0.39 is 0 Å². The first-order valence-corrected chi connectivity index (χ1v) is 4.15. The number of hydrogen-bond acceptors (Lipinski definition) is 2. The Hall–Kier alpha value is -0.570. The maximum Gasteiger partial charge on any atom is 0.314 e. The Morgan fingerprint density at radius 2 is 2.27 bits per heavy atom. The van der Waals surface area contributed by atoms with Gasteiger partial charge in [-0.25, -0.2) is 0 Å². The molecule has 2 atom stereocenters. The highest BCUT2D eigenvalue weighted by atomic mass is 16.5. The van der Waals surface area contributed by atoms with Gasteiger partial charge in [0, 0.05) is 6.42 Å². The van der Waals surface area contributed by atoms with Crippen LogP contribution in [-0.4, -0.2) is 25.7 Å². The van der Waals surface area contributed by atoms with Gasteiger partial charge >= 0.3 is 5.97 Å². The Bertz CT molecular complexity index is 139. The van der Waals surface area contributed by atoms with Crippen molar-refractivity contribution >= 4 is 5.97 Å². The van der Waals surface area contributed by atoms with Crippen molar-refractivity contribution in [3.8, 4) is 0 Å². The van der Waals surface area contributed by atoms with Crippen LogP contribution in [0.15, 0.2) is 0 Å². The molecule has 0 aromatic heterocycles. The lowest BCUT2D eigenvalue weighted by Gasteiger charge is -2.22. The van der Waals surface area contributed by atoms with Gasteiger partial charge < -0.3 is 10.1 Å². The fourth-order valence-corrected chi connectivity index (χ4v) is 1.48. The van der Waals surface area contributed by atoms with E-state index in [9.17, 15) is 4.79 Å². The maximum atomic E-state index is 11.0. The number of carbonyl (C=O) groups is 1. The summed E-state index contributed by atoms with van der Waals surface area (Å²) in [4.78, 5) is 11.0. The van der Waals surface area contributed by atoms with Crippen LogP contribution in [-0.2, 0) is 9.53 Å². The third-order valence-electron chi connectivity index (χ3n) is 2.33. The molecule has 0 spiro atoms. The van der Waals surface area contributed by atoms with Crippen LogP contribution < -0.4 is 5.32 Å². The highest BCUT2D eigenvalue weighted by molar-refractivity contribution is 5.72. The van der Waals surface area contributed by atoms with Crippen LogP contribution >= 0.6 is 0 Å². The van der Waals surface area contributed by atoms with Gasteiger partial charge in [-0.15, -0.1) is 0 Å². The molecule has 0 saturated carbocycles. The second kappa shape index (κ2) is 3.72. The molecule has 3 nitrogen and oxygen atoms in total. The standard InChI is InChI=1S/C8H15NO2/c1-6-3-4-7(5-9-6)8(10)11-2/h6-7,9H,3-5H2,1-2H3/p+1/t6-,7-/m1/s1. The third kappa shape index (κ3) is 2.19. The smallest absolute Gasteiger partial charge is 0.314 e. The van der Waals surface area contributed by atoms with E-state index in [4.69, 9.17) is 0 Å². The van der Waals surface area contributed by atoms with Crippen molar-refractivity contribution in [2.45, 2.75) is 25.8 Å². The molecule has 0 amide bonds. The number of carbonyl (C=O) groups excluding carboxylic acids is 1. The van der Waals surface area contributed by atoms with E-state index in [-0.39, 0.29) is 11.9 Å². The van der Waals surface area contributed by atoms with E-state index in [1.54, 1.807) is 0 Å². The molecule has 64 valence electrons. The van der Waals surface area contributed by atoms with E-state index in [0.29, 0.717) is 6.04 Å². The van der Waals surface area contributed by atoms with Crippen LogP contribution in [0.3, 0.4) is 0 Å². The predicted octanol–water partition coefficient (Wildman–Crippen LogP) is -0.479. The Morgan fingerprint density at radius 1 is 1.55 bits per heavy atom. The highest BCUT2D eigenvalue weighted by Gasteiger charge is 2.27. The van der Waals surface area contributed by atoms with Crippen molar-refractivity contribution in [3.63, 3.8) is 0 Å². The van der Waals surface area contributed by atoms with Gasteiger partial charge in [-0.05, 0) is 13.3 Å². The molecule has 0 aliphatic carbocycles. The molecule has 11 heavy (non-hydrogen) atoms. The SMILES string of the molecule is COC(=O)[C@@H]1CC[C@@H](C)[NH2+]C1. The summed E-state index contributed by atoms with van der Waals surface area (Å²) in [5, 5.41) is 2.21. The Morgan fingerprint density at radius 3 is 2.73 bits per heavy atom. The second-order valence-electron chi connectivity index (χ2n) is 3.25. The van der Waals surface area contributed by atoms with Gasteiger partial charge in [0.15, 0.2) is 0 Å². The topological polar surface area (TPSA) is 42.9 Å². The molecule has 1 heterocycles. The number of hydrogen-bond donors (Lipinski definition) is 1. The molecule has 2 N–H and O–H groups in total. The summed E-state index contributed by atoms with van der Waals surface area (Å²) in [5.41, 5.74) is 0. The number of quaternary nitrogens is 1. The van der Waals surface area contributed by atoms with Gasteiger partial charge in [-0.1, -0.05) is 0 Å². The second-order valence-corrected chi connectivity index (χ2v) is 3.25. The summed E-state index contributed by atoms with van der Waals surface area (Å²) in [6.07, 6.45) is 2.12. The van der Waals surface area contributed by atoms with E-state index in [0.717, 1.165) is 19.4 Å². The zero-order valence-electron chi connectivity index (χ0n) is 7.17. The van der Waals surface area contributed by atoms with Crippen LogP contribution in [0.5, 0.6) is 0 Å². The van der Waals surface area contributed by atoms with Crippen molar-refractivity contribution in [1.82, 2.24) is 0 Å². The summed E-state index contributed by atoms with van der Waals surface area (Å²) >= 11 is 0. The quantitative estimate of drug-likeness (QED) is 0.524. The molecule has 1 rings (SSSR count). The lowest BCUT2D eigenvalue weighted by molar-refractivity contribution is -0.698. The van der Waals surface area contributed by atoms with E-state index in [2.05, 4.69) is 17.0 Å². The van der Waals surface area contributed by atoms with Crippen LogP contribution in [0.25, 0.3) is 0 Å². The summed E-state index contributed by atoms with van der Waals surface area (Å²) in [6, 6.07) is 0.677. The number of rotatable bonds is 1. The van der Waals surface area contributed by atoms with Crippen molar-refractivity contribution in [2.75, 3.05) is 13.7 Å². The van der Waals surface area contributed by atoms with Gasteiger partial charge in [0.05, 0.1) is 19.7 Å². The minimum absolute atomic E-state index is 0.0480. The summed E-state index contributed by atoms with van der Waals surface area (Å²) < 4.78 is 4.67. The number of nitrogens with two attached hydrogens (primary N) is 1. The number of ether oxygens (including phenoxy) is 1. The molecule has 0 radical (unpaired) electrons. The van der Waals surface area contributed by atoms with Crippen molar-refractivity contribution in [3.05, 3.63) is 0 Å². The summed E-state index contributed by atoms with van der Waals surface area (Å²) in [7, 11) is 1.46. The molecule has 0 unspecified atom stereocenters. The lowest BCUT2D eigenvalue weighted by Crippen LogP contribution is -2.92. The van der Waals surface area contributed by atoms with E-state index in [1.807, 2.05) is 0 Å². The van der Waals surface area contributed by atoms with Gasteiger partial charge in [-0.2, -0.15) is 0 Å². The average molecular weight is 158 g/mol. The first kappa shape index (κ1) is 8.53. The normalized spacial score (nSPS) is 31.5. The molecule has 1 aliphatic heterocycles. The molecule has 1 saturated heterocycles. The summed E-state index contributed by atoms with van der Waals surface area (Å²) in [6.45, 7) is 3.08. The van der Waals surface area contributed by atoms with Crippen LogP contribution in [0.1, 0.15) is 19.8 Å². The average Bonchev–Trinajstić information content (AvgIpc) is 2.05. The van der Waals surface area contributed by atoms with Crippen molar-refractivity contribution < 1.29 is 14.8 Å². The molecule has 0 aromatic rings. The lowest BCUT2D eigenvalue weighted by atomic mass is 9.96. The molecule has 3 heteroatoms. The van der Waals surface area contributed by atoms with Crippen LogP contribution in [0.2, 0.25) is 0 Å². The van der Waals surface area contributed by atoms with Gasteiger partial charge in [0.2, 0.25) is 0 Å². The Labute approximate surface area is 67.1 Å². The zero-order valence-corrected chi connectivity index (χ0v) is 7.17. The molecule has 1 fully saturated rings. The summed E-state index contributed by atoms with van der Waals surface area (Å²) in [5.74, 6) is 0.0874. The molecular weight excluding hydrogens is 142 g/mol. The fraction of sp³-hybridized carbons (Fsp3) is 0.875. The highest BCUT2D eigenvalue weighted by Crippen LogP contribution is 2.10. The van der Waals surface area contributed by atoms with Crippen molar-refractivity contribution in [1.29, 1.82) is 0 Å². The van der Waals surface area contributed by atoms with Crippen LogP contribution in [0, 0.1) is 5.92 Å². The van der Waals surface area contributed by atoms with Gasteiger partial charge in [0.1, 0.15) is 5.92 Å². The monoisotopic (exact) mass is 158 g/mol. The first-order chi connectivity index (χ1) is 5.24. The largest absolute Gasteiger partial charge is 0.469 e. The first-order valence-electron chi connectivity index (χ1n) is 4.15. The van der Waals surface area contributed by atoms with Crippen LogP contribution in [0.4, 0.5) is 0 Å². The third-order valence-corrected chi connectivity index (χ3v) is 2.33. The zero-order chi connectivity index (χ0) is 8.27. The van der Waals surface area contributed by atoms with Crippen molar-refractivity contribution in [2.24, 2.45) is 5.92 Å². The number of piperidine rings is 1. The molecule has 0 bridgehead atoms. The predicted molar refractivity (Wildman–Crippen MR) is 41.0 cm³/mol. The Balaban J connectivity index is 2.33. The molecule has 1 aliphatic rings. The van der Waals surface area contributed by atoms with Gasteiger partial charge in [0.25, 0.3) is 0 Å². The van der Waals surface area contributed by atoms with Gasteiger partial charge in [-0.3, -0.25) is 4.79 Å². The van der Waals surface area contributed by atoms with E-state index >= 15 is 0 Å². The fourth-order valence-electron chi connectivity index (χ4n) is 1.48. The van der Waals surface area contributed by atoms with E-state index in [1.165, 1.54) is 7.11 Å². The molecule has 0 aromatic carbocycles. The molecular formula is C8H16NO2+. The minimum atomic E-state index is -0.0480. The number of methoxy groups -OCH3 is 1. The number of esters is 1.